The van der Waals surface area contributed by atoms with Crippen LogP contribution in [0.1, 0.15) is 101 Å². The molecular weight excluding hydrogens is 540 g/mol. The van der Waals surface area contributed by atoms with Crippen LogP contribution in [0.2, 0.25) is 0 Å². The first kappa shape index (κ1) is 42.1. The Morgan fingerprint density at radius 3 is 1.17 bits per heavy atom. The van der Waals surface area contributed by atoms with Crippen LogP contribution in [-0.4, -0.2) is 119 Å². The van der Waals surface area contributed by atoms with E-state index in [9.17, 15) is 30.0 Å². The predicted octanol–water partition coefficient (Wildman–Crippen LogP) is 1.19. The number of aromatic carboxylic acids is 2. The topological polar surface area (TPSA) is 161 Å². The standard InChI is InChI=1S/2C12H28NO2.C8H6O4/c2*1-4-7-8-9-13(5-2,6-3)10-12(15)11-14;9-7(10)5-3-1-2-4-6(5)8(11)12/h2*12,14-15H,4-11H2,1-3H3;1-4H,(H,9,10)(H,11,12)/q2*+1;/p-2. The summed E-state index contributed by atoms with van der Waals surface area (Å²) in [6, 6.07) is 5.14. The minimum atomic E-state index is -1.52. The number of hydrogen-bond acceptors (Lipinski definition) is 8. The Labute approximate surface area is 254 Å². The van der Waals surface area contributed by atoms with Gasteiger partial charge in [0, 0.05) is 11.1 Å². The van der Waals surface area contributed by atoms with E-state index in [1.165, 1.54) is 50.7 Å². The van der Waals surface area contributed by atoms with Crippen molar-refractivity contribution in [2.24, 2.45) is 0 Å². The van der Waals surface area contributed by atoms with E-state index in [2.05, 4.69) is 41.5 Å². The molecule has 0 saturated heterocycles. The Morgan fingerprint density at radius 1 is 0.643 bits per heavy atom. The van der Waals surface area contributed by atoms with E-state index < -0.39 is 24.1 Å². The minimum absolute atomic E-state index is 0.117. The van der Waals surface area contributed by atoms with Gasteiger partial charge in [-0.1, -0.05) is 51.0 Å². The predicted molar refractivity (Wildman–Crippen MR) is 162 cm³/mol. The zero-order valence-corrected chi connectivity index (χ0v) is 27.1. The molecule has 0 aliphatic carbocycles. The van der Waals surface area contributed by atoms with Crippen molar-refractivity contribution in [3.63, 3.8) is 0 Å². The van der Waals surface area contributed by atoms with Crippen LogP contribution in [0.25, 0.3) is 0 Å². The Hall–Kier alpha value is -2.08. The molecule has 0 aromatic heterocycles. The van der Waals surface area contributed by atoms with Crippen molar-refractivity contribution in [1.82, 2.24) is 0 Å². The molecule has 0 bridgehead atoms. The first-order valence-corrected chi connectivity index (χ1v) is 15.7. The normalized spacial score (nSPS) is 12.8. The summed E-state index contributed by atoms with van der Waals surface area (Å²) in [5.74, 6) is -3.04. The van der Waals surface area contributed by atoms with Gasteiger partial charge in [0.1, 0.15) is 25.3 Å². The smallest absolute Gasteiger partial charge is 0.126 e. The van der Waals surface area contributed by atoms with Crippen LogP contribution in [0.5, 0.6) is 0 Å². The van der Waals surface area contributed by atoms with Crippen LogP contribution in [0, 0.1) is 0 Å². The maximum atomic E-state index is 10.3. The molecule has 4 N–H and O–H groups in total. The third-order valence-electron chi connectivity index (χ3n) is 8.14. The number of carbonyl (C=O) groups is 2. The summed E-state index contributed by atoms with van der Waals surface area (Å²) >= 11 is 0. The van der Waals surface area contributed by atoms with Crippen LogP contribution >= 0.6 is 0 Å². The molecule has 0 spiro atoms. The van der Waals surface area contributed by atoms with Crippen LogP contribution in [0.15, 0.2) is 24.3 Å². The highest BCUT2D eigenvalue weighted by atomic mass is 16.4. The molecule has 0 fully saturated rings. The van der Waals surface area contributed by atoms with E-state index in [0.717, 1.165) is 60.4 Å². The molecule has 42 heavy (non-hydrogen) atoms. The summed E-state index contributed by atoms with van der Waals surface area (Å²) in [6.07, 6.45) is 6.29. The molecular formula is C32H60N2O8. The van der Waals surface area contributed by atoms with Crippen molar-refractivity contribution < 1.29 is 49.2 Å². The van der Waals surface area contributed by atoms with E-state index in [4.69, 9.17) is 10.2 Å². The van der Waals surface area contributed by atoms with Crippen LogP contribution in [0.4, 0.5) is 0 Å². The van der Waals surface area contributed by atoms with Crippen molar-refractivity contribution >= 4 is 11.9 Å². The number of carboxylic acids is 2. The summed E-state index contributed by atoms with van der Waals surface area (Å²) in [7, 11) is 0. The molecule has 10 nitrogen and oxygen atoms in total. The third-order valence-corrected chi connectivity index (χ3v) is 8.14. The molecule has 0 radical (unpaired) electrons. The molecule has 0 aliphatic heterocycles. The number of unbranched alkanes of at least 4 members (excludes halogenated alkanes) is 4. The fraction of sp³-hybridized carbons (Fsp3) is 0.750. The number of quaternary nitrogens is 2. The molecule has 0 heterocycles. The second kappa shape index (κ2) is 24.4. The summed E-state index contributed by atoms with van der Waals surface area (Å²) in [5.41, 5.74) is -0.727. The van der Waals surface area contributed by atoms with Gasteiger partial charge in [-0.25, -0.2) is 0 Å². The van der Waals surface area contributed by atoms with Crippen LogP contribution < -0.4 is 10.2 Å². The Kier molecular flexibility index (Phi) is 24.4. The number of carbonyl (C=O) groups excluding carboxylic acids is 2. The Bertz CT molecular complexity index is 761. The minimum Gasteiger partial charge on any atom is -0.545 e. The van der Waals surface area contributed by atoms with Gasteiger partial charge in [0.15, 0.2) is 0 Å². The van der Waals surface area contributed by atoms with E-state index >= 15 is 0 Å². The summed E-state index contributed by atoms with van der Waals surface area (Å²) in [4.78, 5) is 20.6. The van der Waals surface area contributed by atoms with Gasteiger partial charge >= 0.3 is 0 Å². The summed E-state index contributed by atoms with van der Waals surface area (Å²) in [5, 5.41) is 57.5. The maximum absolute atomic E-state index is 10.3. The lowest BCUT2D eigenvalue weighted by Crippen LogP contribution is -2.53. The van der Waals surface area contributed by atoms with E-state index in [0.29, 0.717) is 13.1 Å². The molecule has 10 heteroatoms. The lowest BCUT2D eigenvalue weighted by molar-refractivity contribution is -0.928. The molecule has 1 rings (SSSR count). The number of aliphatic hydroxyl groups is 4. The Balaban J connectivity index is 0. The lowest BCUT2D eigenvalue weighted by Gasteiger charge is -2.38. The van der Waals surface area contributed by atoms with Gasteiger partial charge in [0.2, 0.25) is 0 Å². The van der Waals surface area contributed by atoms with Crippen molar-refractivity contribution in [3.8, 4) is 0 Å². The average molecular weight is 601 g/mol. The number of nitrogens with zero attached hydrogens (tertiary/aromatic N) is 2. The van der Waals surface area contributed by atoms with Crippen molar-refractivity contribution in [1.29, 1.82) is 0 Å². The lowest BCUT2D eigenvalue weighted by atomic mass is 10.1. The highest BCUT2D eigenvalue weighted by Gasteiger charge is 2.26. The molecule has 1 aromatic rings. The van der Waals surface area contributed by atoms with Gasteiger partial charge in [0.05, 0.1) is 64.4 Å². The Morgan fingerprint density at radius 2 is 0.952 bits per heavy atom. The van der Waals surface area contributed by atoms with E-state index in [-0.39, 0.29) is 24.3 Å². The number of hydrogen-bond donors (Lipinski definition) is 4. The van der Waals surface area contributed by atoms with Gasteiger partial charge in [-0.2, -0.15) is 0 Å². The van der Waals surface area contributed by atoms with Gasteiger partial charge in [0.25, 0.3) is 0 Å². The van der Waals surface area contributed by atoms with E-state index in [1.807, 2.05) is 0 Å². The average Bonchev–Trinajstić information content (AvgIpc) is 3.00. The molecule has 0 amide bonds. The number of aliphatic hydroxyl groups excluding tert-OH is 4. The number of rotatable bonds is 20. The SMILES string of the molecule is CCCCC[N+](CC)(CC)CC(O)CO.CCCCC[N+](CC)(CC)CC(O)CO.O=C([O-])c1ccccc1C(=O)[O-]. The fourth-order valence-electron chi connectivity index (χ4n) is 5.02. The van der Waals surface area contributed by atoms with Crippen LogP contribution in [0.3, 0.4) is 0 Å². The van der Waals surface area contributed by atoms with Crippen molar-refractivity contribution in [3.05, 3.63) is 35.4 Å². The zero-order valence-electron chi connectivity index (χ0n) is 27.1. The molecule has 246 valence electrons. The van der Waals surface area contributed by atoms with E-state index in [1.54, 1.807) is 0 Å². The van der Waals surface area contributed by atoms with Gasteiger partial charge in [-0.05, 0) is 53.4 Å². The molecule has 2 atom stereocenters. The van der Waals surface area contributed by atoms with Gasteiger partial charge < -0.3 is 49.2 Å². The number of benzene rings is 1. The monoisotopic (exact) mass is 600 g/mol. The highest BCUT2D eigenvalue weighted by Crippen LogP contribution is 2.13. The first-order chi connectivity index (χ1) is 19.9. The first-order valence-electron chi connectivity index (χ1n) is 15.7. The van der Waals surface area contributed by atoms with Gasteiger partial charge in [-0.3, -0.25) is 0 Å². The van der Waals surface area contributed by atoms with Crippen LogP contribution in [-0.2, 0) is 0 Å². The number of carboxylic acid groups (broad SMARTS) is 2. The molecule has 1 aromatic carbocycles. The van der Waals surface area contributed by atoms with Gasteiger partial charge in [-0.15, -0.1) is 0 Å². The van der Waals surface area contributed by atoms with Crippen molar-refractivity contribution in [2.75, 3.05) is 65.6 Å². The second-order valence-electron chi connectivity index (χ2n) is 11.0. The molecule has 0 saturated carbocycles. The summed E-state index contributed by atoms with van der Waals surface area (Å²) in [6.45, 7) is 20.6. The largest absolute Gasteiger partial charge is 0.545 e. The summed E-state index contributed by atoms with van der Waals surface area (Å²) < 4.78 is 1.86. The third kappa shape index (κ3) is 17.1. The zero-order chi connectivity index (χ0) is 32.6. The maximum Gasteiger partial charge on any atom is 0.126 e. The number of likely N-dealkylation sites (N-methyl/N-ethyl adjacent to an activating group) is 2. The molecule has 0 aliphatic rings. The van der Waals surface area contributed by atoms with Crippen molar-refractivity contribution in [2.45, 2.75) is 92.3 Å². The highest BCUT2D eigenvalue weighted by molar-refractivity contribution is 5.99. The second-order valence-corrected chi connectivity index (χ2v) is 11.0. The molecule has 2 unspecified atom stereocenters. The quantitative estimate of drug-likeness (QED) is 0.128. The fourth-order valence-corrected chi connectivity index (χ4v) is 5.02.